The third-order valence-electron chi connectivity index (χ3n) is 4.45. The number of aliphatic hydroxyl groups is 1. The molecule has 0 radical (unpaired) electrons. The maximum Gasteiger partial charge on any atom is 0.573 e. The molecule has 4 rings (SSSR count). The first kappa shape index (κ1) is 18.9. The van der Waals surface area contributed by atoms with Crippen molar-refractivity contribution in [1.29, 1.82) is 0 Å². The van der Waals surface area contributed by atoms with Crippen LogP contribution in [0.4, 0.5) is 24.5 Å². The van der Waals surface area contributed by atoms with Crippen molar-refractivity contribution < 1.29 is 32.5 Å². The van der Waals surface area contributed by atoms with Crippen molar-refractivity contribution in [3.05, 3.63) is 40.4 Å². The smallest absolute Gasteiger partial charge is 0.454 e. The molecule has 2 aromatic rings. The Morgan fingerprint density at radius 1 is 1.25 bits per heavy atom. The van der Waals surface area contributed by atoms with Crippen LogP contribution in [0.15, 0.2) is 34.8 Å². The Kier molecular flexibility index (Phi) is 4.62. The SMILES string of the molecule is O=C1Nc2cc(OC(F)(F)F)ccc2Oc2cc(N3CCC(O)C3)c(Br)cc21. The van der Waals surface area contributed by atoms with E-state index in [4.69, 9.17) is 4.74 Å². The van der Waals surface area contributed by atoms with Crippen LogP contribution >= 0.6 is 15.9 Å². The molecular formula is C18H14BrF3N2O4. The number of rotatable bonds is 2. The highest BCUT2D eigenvalue weighted by atomic mass is 79.9. The number of hydrogen-bond donors (Lipinski definition) is 2. The molecule has 2 heterocycles. The summed E-state index contributed by atoms with van der Waals surface area (Å²) in [6, 6.07) is 6.72. The number of carbonyl (C=O) groups excluding carboxylic acids is 1. The Bertz CT molecular complexity index is 951. The van der Waals surface area contributed by atoms with Gasteiger partial charge in [-0.05, 0) is 40.5 Å². The first-order valence-corrected chi connectivity index (χ1v) is 9.14. The van der Waals surface area contributed by atoms with Crippen LogP contribution in [-0.2, 0) is 0 Å². The number of alkyl halides is 3. The Morgan fingerprint density at radius 3 is 2.71 bits per heavy atom. The van der Waals surface area contributed by atoms with E-state index in [-0.39, 0.29) is 22.7 Å². The van der Waals surface area contributed by atoms with Gasteiger partial charge in [-0.25, -0.2) is 0 Å². The molecule has 0 aromatic heterocycles. The Hall–Kier alpha value is -2.46. The van der Waals surface area contributed by atoms with Crippen molar-refractivity contribution in [1.82, 2.24) is 0 Å². The van der Waals surface area contributed by atoms with E-state index in [1.54, 1.807) is 12.1 Å². The summed E-state index contributed by atoms with van der Waals surface area (Å²) in [5, 5.41) is 12.3. The van der Waals surface area contributed by atoms with Crippen LogP contribution in [0.2, 0.25) is 0 Å². The lowest BCUT2D eigenvalue weighted by atomic mass is 10.1. The van der Waals surface area contributed by atoms with Crippen LogP contribution in [0.1, 0.15) is 16.8 Å². The molecular weight excluding hydrogens is 445 g/mol. The molecule has 0 spiro atoms. The number of amides is 1. The zero-order chi connectivity index (χ0) is 20.1. The van der Waals surface area contributed by atoms with Gasteiger partial charge in [0.15, 0.2) is 5.75 Å². The summed E-state index contributed by atoms with van der Waals surface area (Å²) in [6.07, 6.45) is -4.63. The van der Waals surface area contributed by atoms with Crippen molar-refractivity contribution in [3.8, 4) is 17.2 Å². The molecule has 6 nitrogen and oxygen atoms in total. The minimum absolute atomic E-state index is 0.0669. The highest BCUT2D eigenvalue weighted by molar-refractivity contribution is 9.10. The number of carbonyl (C=O) groups is 1. The van der Waals surface area contributed by atoms with Crippen LogP contribution in [0, 0.1) is 0 Å². The lowest BCUT2D eigenvalue weighted by Gasteiger charge is -2.21. The maximum absolute atomic E-state index is 12.6. The van der Waals surface area contributed by atoms with E-state index in [9.17, 15) is 23.1 Å². The first-order valence-electron chi connectivity index (χ1n) is 8.35. The van der Waals surface area contributed by atoms with E-state index >= 15 is 0 Å². The monoisotopic (exact) mass is 458 g/mol. The molecule has 10 heteroatoms. The normalized spacial score (nSPS) is 18.7. The molecule has 2 aliphatic rings. The van der Waals surface area contributed by atoms with Gasteiger partial charge in [-0.2, -0.15) is 0 Å². The van der Waals surface area contributed by atoms with Crippen LogP contribution in [0.5, 0.6) is 17.2 Å². The van der Waals surface area contributed by atoms with Crippen LogP contribution in [0.3, 0.4) is 0 Å². The molecule has 0 bridgehead atoms. The quantitative estimate of drug-likeness (QED) is 0.702. The lowest BCUT2D eigenvalue weighted by Crippen LogP contribution is -2.22. The largest absolute Gasteiger partial charge is 0.573 e. The third kappa shape index (κ3) is 3.74. The second-order valence-corrected chi connectivity index (χ2v) is 7.30. The summed E-state index contributed by atoms with van der Waals surface area (Å²) in [7, 11) is 0. The fourth-order valence-electron chi connectivity index (χ4n) is 3.21. The van der Waals surface area contributed by atoms with E-state index in [0.29, 0.717) is 24.0 Å². The molecule has 148 valence electrons. The van der Waals surface area contributed by atoms with E-state index < -0.39 is 24.1 Å². The summed E-state index contributed by atoms with van der Waals surface area (Å²) in [6.45, 7) is 1.11. The van der Waals surface area contributed by atoms with E-state index in [2.05, 4.69) is 26.0 Å². The van der Waals surface area contributed by atoms with Crippen LogP contribution in [0.25, 0.3) is 0 Å². The number of ether oxygens (including phenoxy) is 2. The summed E-state index contributed by atoms with van der Waals surface area (Å²) in [4.78, 5) is 14.5. The van der Waals surface area contributed by atoms with Gasteiger partial charge in [0.05, 0.1) is 23.0 Å². The molecule has 28 heavy (non-hydrogen) atoms. The van der Waals surface area contributed by atoms with Gasteiger partial charge in [-0.15, -0.1) is 13.2 Å². The molecule has 2 aromatic carbocycles. The number of hydrogen-bond acceptors (Lipinski definition) is 5. The van der Waals surface area contributed by atoms with Gasteiger partial charge in [0.2, 0.25) is 0 Å². The number of β-amino-alcohol motifs (C(OH)–C–C–N with tert-alkyl or cyclic N) is 1. The van der Waals surface area contributed by atoms with Gasteiger partial charge in [-0.1, -0.05) is 0 Å². The highest BCUT2D eigenvalue weighted by Crippen LogP contribution is 2.42. The van der Waals surface area contributed by atoms with E-state index in [0.717, 1.165) is 17.8 Å². The van der Waals surface area contributed by atoms with Gasteiger partial charge in [0.1, 0.15) is 11.5 Å². The Balaban J connectivity index is 1.70. The Morgan fingerprint density at radius 2 is 2.04 bits per heavy atom. The topological polar surface area (TPSA) is 71.0 Å². The molecule has 1 unspecified atom stereocenters. The van der Waals surface area contributed by atoms with Gasteiger partial charge in [0, 0.05) is 29.7 Å². The molecule has 1 fully saturated rings. The average Bonchev–Trinajstić information content (AvgIpc) is 2.97. The van der Waals surface area contributed by atoms with Crippen LogP contribution in [-0.4, -0.2) is 36.6 Å². The zero-order valence-corrected chi connectivity index (χ0v) is 15.8. The van der Waals surface area contributed by atoms with Crippen molar-refractivity contribution in [2.75, 3.05) is 23.3 Å². The minimum Gasteiger partial charge on any atom is -0.454 e. The molecule has 2 N–H and O–H groups in total. The second kappa shape index (κ2) is 6.85. The molecule has 1 atom stereocenters. The molecule has 1 amide bonds. The molecule has 2 aliphatic heterocycles. The summed E-state index contributed by atoms with van der Waals surface area (Å²) in [5.41, 5.74) is 1.05. The number of nitrogens with zero attached hydrogens (tertiary/aromatic N) is 1. The number of benzene rings is 2. The van der Waals surface area contributed by atoms with Gasteiger partial charge in [-0.3, -0.25) is 4.79 Å². The minimum atomic E-state index is -4.84. The number of anilines is 2. The van der Waals surface area contributed by atoms with Crippen molar-refractivity contribution in [2.45, 2.75) is 18.9 Å². The van der Waals surface area contributed by atoms with Gasteiger partial charge in [0.25, 0.3) is 5.91 Å². The van der Waals surface area contributed by atoms with Crippen LogP contribution < -0.4 is 19.7 Å². The molecule has 0 saturated carbocycles. The predicted molar refractivity (Wildman–Crippen MR) is 98.1 cm³/mol. The zero-order valence-electron chi connectivity index (χ0n) is 14.2. The lowest BCUT2D eigenvalue weighted by molar-refractivity contribution is -0.274. The average molecular weight is 459 g/mol. The van der Waals surface area contributed by atoms with Gasteiger partial charge >= 0.3 is 6.36 Å². The number of aliphatic hydroxyl groups excluding tert-OH is 1. The summed E-state index contributed by atoms with van der Waals surface area (Å²) < 4.78 is 47.7. The standard InChI is InChI=1S/C18H14BrF3N2O4/c19-12-6-11-16(7-14(12)24-4-3-9(25)8-24)27-15-2-1-10(28-18(20,21)22)5-13(15)23-17(11)26/h1-2,5-7,9,25H,3-4,8H2,(H,23,26). The van der Waals surface area contributed by atoms with Crippen molar-refractivity contribution in [3.63, 3.8) is 0 Å². The van der Waals surface area contributed by atoms with Gasteiger partial charge < -0.3 is 24.8 Å². The maximum atomic E-state index is 12.6. The number of nitrogens with one attached hydrogen (secondary N) is 1. The summed E-state index contributed by atoms with van der Waals surface area (Å²) >= 11 is 3.43. The fourth-order valence-corrected chi connectivity index (χ4v) is 3.80. The molecule has 1 saturated heterocycles. The first-order chi connectivity index (χ1) is 13.2. The Labute approximate surface area is 166 Å². The number of halogens is 4. The predicted octanol–water partition coefficient (Wildman–Crippen LogP) is 4.28. The van der Waals surface area contributed by atoms with E-state index in [1.807, 2.05) is 4.90 Å². The van der Waals surface area contributed by atoms with E-state index in [1.165, 1.54) is 6.07 Å². The third-order valence-corrected chi connectivity index (χ3v) is 5.09. The second-order valence-electron chi connectivity index (χ2n) is 6.45. The molecule has 0 aliphatic carbocycles. The van der Waals surface area contributed by atoms with Crippen molar-refractivity contribution >= 4 is 33.2 Å². The highest BCUT2D eigenvalue weighted by Gasteiger charge is 2.32. The van der Waals surface area contributed by atoms with Crippen molar-refractivity contribution in [2.24, 2.45) is 0 Å². The summed E-state index contributed by atoms with van der Waals surface area (Å²) in [5.74, 6) is -0.530. The fraction of sp³-hybridized carbons (Fsp3) is 0.278. The number of fused-ring (bicyclic) bond motifs is 2.